The number of nitrogens with one attached hydrogen (secondary N) is 2. The number of benzene rings is 3. The quantitative estimate of drug-likeness (QED) is 0.299. The van der Waals surface area contributed by atoms with Crippen LogP contribution in [0.3, 0.4) is 0 Å². The van der Waals surface area contributed by atoms with Gasteiger partial charge in [-0.1, -0.05) is 43.7 Å². The Labute approximate surface area is 201 Å². The summed E-state index contributed by atoms with van der Waals surface area (Å²) in [5, 5.41) is 19.2. The van der Waals surface area contributed by atoms with Gasteiger partial charge in [-0.25, -0.2) is 9.89 Å². The van der Waals surface area contributed by atoms with E-state index in [1.54, 1.807) is 0 Å². The van der Waals surface area contributed by atoms with Gasteiger partial charge in [-0.2, -0.15) is 0 Å². The highest BCUT2D eigenvalue weighted by atomic mass is 16.6. The molecule has 1 amide bonds. The molecule has 0 bridgehead atoms. The maximum atomic E-state index is 12.6. The lowest BCUT2D eigenvalue weighted by molar-refractivity contribution is 0.199. The number of rotatable bonds is 9. The lowest BCUT2D eigenvalue weighted by Gasteiger charge is -2.09. The largest absolute Gasteiger partial charge is 0.486 e. The lowest BCUT2D eigenvalue weighted by atomic mass is 10.1. The van der Waals surface area contributed by atoms with Gasteiger partial charge in [0.25, 0.3) is 0 Å². The summed E-state index contributed by atoms with van der Waals surface area (Å²) in [7, 11) is 0. The first kappa shape index (κ1) is 22.4. The van der Waals surface area contributed by atoms with Crippen LogP contribution in [0.4, 0.5) is 4.79 Å². The van der Waals surface area contributed by atoms with Gasteiger partial charge in [0, 0.05) is 13.0 Å². The number of hydrogen-bond donors (Lipinski definition) is 2. The maximum Gasteiger partial charge on any atom is 0.413 e. The van der Waals surface area contributed by atoms with Crippen molar-refractivity contribution in [1.29, 1.82) is 0 Å². The second-order valence-corrected chi connectivity index (χ2v) is 8.18. The molecule has 5 rings (SSSR count). The molecule has 0 saturated heterocycles. The minimum absolute atomic E-state index is 0.259. The van der Waals surface area contributed by atoms with Crippen molar-refractivity contribution < 1.29 is 18.7 Å². The number of hydrogen-bond acceptors (Lipinski definition) is 7. The Balaban J connectivity index is 1.23. The molecule has 3 aromatic carbocycles. The van der Waals surface area contributed by atoms with Crippen LogP contribution >= 0.6 is 0 Å². The van der Waals surface area contributed by atoms with Crippen LogP contribution in [0, 0.1) is 0 Å². The van der Waals surface area contributed by atoms with E-state index in [2.05, 4.69) is 32.9 Å². The number of aryl methyl sites for hydroxylation is 1. The minimum atomic E-state index is -0.514. The van der Waals surface area contributed by atoms with E-state index in [9.17, 15) is 4.79 Å². The standard InChI is InChI=1S/C26H25N5O4/c1-2-3-7-23-25(21-6-4-5-8-22(21)34-23)35-26(32)27-15-17-9-10-19-14-20(12-11-18(19)13-17)33-16-24-28-30-31-29-24/h4-6,8-14H,2-3,7,15-16H2,1H3,(H,27,32)(H,28,29,30,31). The van der Waals surface area contributed by atoms with Gasteiger partial charge >= 0.3 is 6.09 Å². The van der Waals surface area contributed by atoms with Crippen LogP contribution in [-0.2, 0) is 19.6 Å². The number of unbranched alkanes of at least 4 members (excludes halogenated alkanes) is 1. The molecule has 0 aliphatic rings. The fourth-order valence-corrected chi connectivity index (χ4v) is 3.85. The first-order chi connectivity index (χ1) is 17.2. The van der Waals surface area contributed by atoms with Gasteiger partial charge in [0.2, 0.25) is 0 Å². The van der Waals surface area contributed by atoms with E-state index in [4.69, 9.17) is 13.9 Å². The fourth-order valence-electron chi connectivity index (χ4n) is 3.85. The zero-order chi connectivity index (χ0) is 24.0. The van der Waals surface area contributed by atoms with Crippen LogP contribution in [-0.4, -0.2) is 26.7 Å². The van der Waals surface area contributed by atoms with Crippen molar-refractivity contribution in [3.63, 3.8) is 0 Å². The van der Waals surface area contributed by atoms with E-state index in [-0.39, 0.29) is 6.61 Å². The number of nitrogens with zero attached hydrogens (tertiary/aromatic N) is 3. The number of fused-ring (bicyclic) bond motifs is 2. The monoisotopic (exact) mass is 471 g/mol. The molecule has 2 N–H and O–H groups in total. The Morgan fingerprint density at radius 2 is 1.94 bits per heavy atom. The molecule has 9 heteroatoms. The summed E-state index contributed by atoms with van der Waals surface area (Å²) in [6.07, 6.45) is 2.19. The molecule has 0 radical (unpaired) electrons. The first-order valence-electron chi connectivity index (χ1n) is 11.5. The number of aromatic amines is 1. The molecule has 9 nitrogen and oxygen atoms in total. The molecule has 5 aromatic rings. The van der Waals surface area contributed by atoms with E-state index in [1.165, 1.54) is 0 Å². The van der Waals surface area contributed by atoms with Crippen molar-refractivity contribution in [2.75, 3.05) is 0 Å². The Kier molecular flexibility index (Phi) is 6.56. The van der Waals surface area contributed by atoms with Crippen LogP contribution in [0.2, 0.25) is 0 Å². The summed E-state index contributed by atoms with van der Waals surface area (Å²) in [4.78, 5) is 12.6. The van der Waals surface area contributed by atoms with Crippen molar-refractivity contribution in [1.82, 2.24) is 25.9 Å². The average molecular weight is 472 g/mol. The van der Waals surface area contributed by atoms with E-state index >= 15 is 0 Å². The summed E-state index contributed by atoms with van der Waals surface area (Å²) >= 11 is 0. The summed E-state index contributed by atoms with van der Waals surface area (Å²) in [5.74, 6) is 2.47. The summed E-state index contributed by atoms with van der Waals surface area (Å²) in [5.41, 5.74) is 1.68. The molecular weight excluding hydrogens is 446 g/mol. The Bertz CT molecular complexity index is 1450. The predicted molar refractivity (Wildman–Crippen MR) is 130 cm³/mol. The van der Waals surface area contributed by atoms with Crippen LogP contribution in [0.25, 0.3) is 21.7 Å². The third kappa shape index (κ3) is 5.24. The van der Waals surface area contributed by atoms with Crippen LogP contribution in [0.5, 0.6) is 11.5 Å². The summed E-state index contributed by atoms with van der Waals surface area (Å²) in [6, 6.07) is 19.4. The minimum Gasteiger partial charge on any atom is -0.486 e. The third-order valence-corrected chi connectivity index (χ3v) is 5.65. The van der Waals surface area contributed by atoms with E-state index < -0.39 is 6.09 Å². The highest BCUT2D eigenvalue weighted by molar-refractivity contribution is 5.88. The number of ether oxygens (including phenoxy) is 2. The number of carbonyl (C=O) groups is 1. The second-order valence-electron chi connectivity index (χ2n) is 8.18. The highest BCUT2D eigenvalue weighted by Crippen LogP contribution is 2.34. The fraction of sp³-hybridized carbons (Fsp3) is 0.231. The molecule has 0 atom stereocenters. The number of aromatic nitrogens is 4. The Hall–Kier alpha value is -4.40. The topological polar surface area (TPSA) is 115 Å². The van der Waals surface area contributed by atoms with Crippen molar-refractivity contribution in [3.05, 3.63) is 77.8 Å². The molecule has 0 fully saturated rings. The van der Waals surface area contributed by atoms with Gasteiger partial charge in [-0.15, -0.1) is 5.10 Å². The highest BCUT2D eigenvalue weighted by Gasteiger charge is 2.18. The molecule has 0 aliphatic carbocycles. The average Bonchev–Trinajstić information content (AvgIpc) is 3.53. The van der Waals surface area contributed by atoms with Gasteiger partial charge in [0.15, 0.2) is 11.6 Å². The molecular formula is C26H25N5O4. The van der Waals surface area contributed by atoms with Crippen molar-refractivity contribution >= 4 is 27.8 Å². The Morgan fingerprint density at radius 3 is 2.80 bits per heavy atom. The molecule has 178 valence electrons. The van der Waals surface area contributed by atoms with Gasteiger partial charge in [-0.3, -0.25) is 0 Å². The number of para-hydroxylation sites is 1. The zero-order valence-electron chi connectivity index (χ0n) is 19.3. The lowest BCUT2D eigenvalue weighted by Crippen LogP contribution is -2.26. The van der Waals surface area contributed by atoms with Gasteiger partial charge < -0.3 is 19.2 Å². The molecule has 0 spiro atoms. The van der Waals surface area contributed by atoms with Crippen LogP contribution < -0.4 is 14.8 Å². The number of furan rings is 1. The number of carbonyl (C=O) groups excluding carboxylic acids is 1. The van der Waals surface area contributed by atoms with Crippen molar-refractivity contribution in [3.8, 4) is 11.5 Å². The van der Waals surface area contributed by atoms with Crippen LogP contribution in [0.15, 0.2) is 65.1 Å². The maximum absolute atomic E-state index is 12.6. The smallest absolute Gasteiger partial charge is 0.413 e. The first-order valence-corrected chi connectivity index (χ1v) is 11.5. The van der Waals surface area contributed by atoms with E-state index in [0.29, 0.717) is 23.9 Å². The number of amides is 1. The van der Waals surface area contributed by atoms with Crippen molar-refractivity contribution in [2.24, 2.45) is 0 Å². The van der Waals surface area contributed by atoms with Gasteiger partial charge in [0.05, 0.1) is 5.39 Å². The SMILES string of the molecule is CCCCc1oc2ccccc2c1OC(=O)NCc1ccc2cc(OCc3nnn[nH]3)ccc2c1. The molecule has 0 unspecified atom stereocenters. The second kappa shape index (κ2) is 10.3. The Morgan fingerprint density at radius 1 is 1.09 bits per heavy atom. The summed E-state index contributed by atoms with van der Waals surface area (Å²) in [6.45, 7) is 2.71. The molecule has 35 heavy (non-hydrogen) atoms. The molecule has 2 aromatic heterocycles. The number of tetrazole rings is 1. The van der Waals surface area contributed by atoms with Crippen molar-refractivity contribution in [2.45, 2.75) is 39.3 Å². The molecule has 0 aliphatic heterocycles. The number of H-pyrrole nitrogens is 1. The predicted octanol–water partition coefficient (Wildman–Crippen LogP) is 5.31. The molecule has 2 heterocycles. The normalized spacial score (nSPS) is 11.1. The zero-order valence-corrected chi connectivity index (χ0v) is 19.3. The van der Waals surface area contributed by atoms with Gasteiger partial charge in [-0.05, 0) is 63.5 Å². The van der Waals surface area contributed by atoms with Crippen LogP contribution in [0.1, 0.15) is 36.9 Å². The third-order valence-electron chi connectivity index (χ3n) is 5.65. The van der Waals surface area contributed by atoms with E-state index in [0.717, 1.165) is 52.3 Å². The van der Waals surface area contributed by atoms with Gasteiger partial charge in [0.1, 0.15) is 23.7 Å². The molecule has 0 saturated carbocycles. The summed E-state index contributed by atoms with van der Waals surface area (Å²) < 4.78 is 17.4. The van der Waals surface area contributed by atoms with E-state index in [1.807, 2.05) is 60.7 Å².